The third-order valence-electron chi connectivity index (χ3n) is 5.28. The fourth-order valence-electron chi connectivity index (χ4n) is 3.63. The molecule has 0 radical (unpaired) electrons. The molecule has 0 bridgehead atoms. The highest BCUT2D eigenvalue weighted by molar-refractivity contribution is 6.35. The topological polar surface area (TPSA) is 50.8 Å². The van der Waals surface area contributed by atoms with Crippen LogP contribution in [0.2, 0.25) is 5.02 Å². The number of benzene rings is 3. The third-order valence-corrected chi connectivity index (χ3v) is 5.61. The largest absolute Gasteiger partial charge is 0.483 e. The first-order chi connectivity index (χ1) is 14.7. The van der Waals surface area contributed by atoms with Crippen molar-refractivity contribution in [3.8, 4) is 5.75 Å². The van der Waals surface area contributed by atoms with Gasteiger partial charge in [-0.2, -0.15) is 0 Å². The van der Waals surface area contributed by atoms with Crippen molar-refractivity contribution in [2.75, 3.05) is 32.9 Å². The van der Waals surface area contributed by atoms with Crippen LogP contribution in [0.25, 0.3) is 10.8 Å². The normalized spacial score (nSPS) is 14.6. The first kappa shape index (κ1) is 20.7. The van der Waals surface area contributed by atoms with Crippen LogP contribution in [0.5, 0.6) is 5.75 Å². The molecule has 1 saturated heterocycles. The number of amides is 1. The van der Waals surface area contributed by atoms with Gasteiger partial charge in [-0.15, -0.1) is 0 Å². The fourth-order valence-corrected chi connectivity index (χ4v) is 3.86. The Labute approximate surface area is 181 Å². The maximum absolute atomic E-state index is 12.4. The summed E-state index contributed by atoms with van der Waals surface area (Å²) in [7, 11) is 0. The van der Waals surface area contributed by atoms with Crippen molar-refractivity contribution in [2.24, 2.45) is 0 Å². The zero-order valence-electron chi connectivity index (χ0n) is 16.8. The van der Waals surface area contributed by atoms with E-state index >= 15 is 0 Å². The number of morpholine rings is 1. The second-order valence-electron chi connectivity index (χ2n) is 7.31. The summed E-state index contributed by atoms with van der Waals surface area (Å²) >= 11 is 6.25. The molecule has 1 N–H and O–H groups in total. The molecule has 6 heteroatoms. The molecule has 0 aromatic heterocycles. The van der Waals surface area contributed by atoms with Gasteiger partial charge in [-0.3, -0.25) is 9.69 Å². The van der Waals surface area contributed by atoms with Gasteiger partial charge in [0.15, 0.2) is 6.61 Å². The zero-order valence-corrected chi connectivity index (χ0v) is 17.5. The van der Waals surface area contributed by atoms with Crippen LogP contribution in [0.1, 0.15) is 11.1 Å². The van der Waals surface area contributed by atoms with E-state index in [1.807, 2.05) is 36.4 Å². The standard InChI is InChI=1S/C24H25ClN2O3/c25-22-9-10-23(21-8-4-3-7-20(21)22)30-17-24(28)26-15-18-5-1-2-6-19(18)16-27-11-13-29-14-12-27/h1-10H,11-17H2,(H,26,28). The third kappa shape index (κ3) is 5.11. The molecule has 3 aromatic carbocycles. The number of halogens is 1. The lowest BCUT2D eigenvalue weighted by molar-refractivity contribution is -0.123. The molecular formula is C24H25ClN2O3. The molecule has 4 rings (SSSR count). The van der Waals surface area contributed by atoms with Gasteiger partial charge >= 0.3 is 0 Å². The van der Waals surface area contributed by atoms with Gasteiger partial charge in [0, 0.05) is 42.0 Å². The van der Waals surface area contributed by atoms with Crippen LogP contribution in [-0.4, -0.2) is 43.7 Å². The van der Waals surface area contributed by atoms with Crippen LogP contribution in [0.4, 0.5) is 0 Å². The lowest BCUT2D eigenvalue weighted by Gasteiger charge is -2.27. The highest BCUT2D eigenvalue weighted by Gasteiger charge is 2.13. The summed E-state index contributed by atoms with van der Waals surface area (Å²) in [5.41, 5.74) is 2.35. The zero-order chi connectivity index (χ0) is 20.8. The Bertz CT molecular complexity index is 1020. The molecule has 3 aromatic rings. The van der Waals surface area contributed by atoms with Gasteiger partial charge in [-0.25, -0.2) is 0 Å². The minimum Gasteiger partial charge on any atom is -0.483 e. The molecule has 1 fully saturated rings. The smallest absolute Gasteiger partial charge is 0.258 e. The minimum absolute atomic E-state index is 0.0444. The molecule has 1 aliphatic rings. The van der Waals surface area contributed by atoms with E-state index in [1.54, 1.807) is 12.1 Å². The number of rotatable bonds is 7. The van der Waals surface area contributed by atoms with E-state index in [4.69, 9.17) is 21.1 Å². The second-order valence-corrected chi connectivity index (χ2v) is 7.72. The number of ether oxygens (including phenoxy) is 2. The summed E-state index contributed by atoms with van der Waals surface area (Å²) < 4.78 is 11.2. The van der Waals surface area contributed by atoms with Crippen LogP contribution < -0.4 is 10.1 Å². The van der Waals surface area contributed by atoms with Crippen LogP contribution >= 0.6 is 11.6 Å². The van der Waals surface area contributed by atoms with Crippen LogP contribution in [-0.2, 0) is 22.6 Å². The molecule has 156 valence electrons. The average Bonchev–Trinajstić information content (AvgIpc) is 2.79. The molecule has 1 heterocycles. The average molecular weight is 425 g/mol. The van der Waals surface area contributed by atoms with E-state index < -0.39 is 0 Å². The Morgan fingerprint density at radius 3 is 2.47 bits per heavy atom. The second kappa shape index (κ2) is 9.94. The number of hydrogen-bond acceptors (Lipinski definition) is 4. The maximum atomic E-state index is 12.4. The summed E-state index contributed by atoms with van der Waals surface area (Å²) in [5.74, 6) is 0.494. The van der Waals surface area contributed by atoms with Crippen molar-refractivity contribution < 1.29 is 14.3 Å². The van der Waals surface area contributed by atoms with Gasteiger partial charge in [0.2, 0.25) is 0 Å². The van der Waals surface area contributed by atoms with E-state index in [0.29, 0.717) is 17.3 Å². The summed E-state index contributed by atoms with van der Waals surface area (Å²) in [6, 6.07) is 19.5. The van der Waals surface area contributed by atoms with Gasteiger partial charge in [0.25, 0.3) is 5.91 Å². The van der Waals surface area contributed by atoms with E-state index in [-0.39, 0.29) is 12.5 Å². The summed E-state index contributed by atoms with van der Waals surface area (Å²) in [5, 5.41) is 5.45. The molecule has 0 aliphatic carbocycles. The number of carbonyl (C=O) groups is 1. The number of nitrogens with zero attached hydrogens (tertiary/aromatic N) is 1. The van der Waals surface area contributed by atoms with E-state index in [1.165, 1.54) is 5.56 Å². The van der Waals surface area contributed by atoms with Gasteiger partial charge in [-0.05, 0) is 23.3 Å². The molecule has 30 heavy (non-hydrogen) atoms. The van der Waals surface area contributed by atoms with Crippen molar-refractivity contribution in [1.29, 1.82) is 0 Å². The van der Waals surface area contributed by atoms with Gasteiger partial charge in [0.1, 0.15) is 5.75 Å². The number of carbonyl (C=O) groups excluding carboxylic acids is 1. The summed E-state index contributed by atoms with van der Waals surface area (Å²) in [6.45, 7) is 4.71. The molecular weight excluding hydrogens is 400 g/mol. The molecule has 5 nitrogen and oxygen atoms in total. The van der Waals surface area contributed by atoms with Crippen molar-refractivity contribution in [3.63, 3.8) is 0 Å². The van der Waals surface area contributed by atoms with Crippen molar-refractivity contribution in [2.45, 2.75) is 13.1 Å². The predicted molar refractivity (Wildman–Crippen MR) is 119 cm³/mol. The van der Waals surface area contributed by atoms with Gasteiger partial charge in [0.05, 0.1) is 13.2 Å². The molecule has 0 saturated carbocycles. The minimum atomic E-state index is -0.157. The van der Waals surface area contributed by atoms with Crippen molar-refractivity contribution >= 4 is 28.3 Å². The monoisotopic (exact) mass is 424 g/mol. The molecule has 0 unspecified atom stereocenters. The van der Waals surface area contributed by atoms with E-state index in [2.05, 4.69) is 22.3 Å². The predicted octanol–water partition coefficient (Wildman–Crippen LogP) is 4.02. The van der Waals surface area contributed by atoms with Gasteiger partial charge < -0.3 is 14.8 Å². The maximum Gasteiger partial charge on any atom is 0.258 e. The quantitative estimate of drug-likeness (QED) is 0.622. The molecule has 0 atom stereocenters. The van der Waals surface area contributed by atoms with Crippen molar-refractivity contribution in [3.05, 3.63) is 76.8 Å². The van der Waals surface area contributed by atoms with Gasteiger partial charge in [-0.1, -0.05) is 60.1 Å². The highest BCUT2D eigenvalue weighted by atomic mass is 35.5. The molecule has 1 amide bonds. The number of hydrogen-bond donors (Lipinski definition) is 1. The fraction of sp³-hybridized carbons (Fsp3) is 0.292. The summed E-state index contributed by atoms with van der Waals surface area (Å²) in [6.07, 6.45) is 0. The first-order valence-electron chi connectivity index (χ1n) is 10.1. The SMILES string of the molecule is O=C(COc1ccc(Cl)c2ccccc12)NCc1ccccc1CN1CCOCC1. The Morgan fingerprint density at radius 2 is 1.67 bits per heavy atom. The Balaban J connectivity index is 1.34. The van der Waals surface area contributed by atoms with E-state index in [0.717, 1.165) is 49.2 Å². The first-order valence-corrected chi connectivity index (χ1v) is 10.5. The lowest BCUT2D eigenvalue weighted by atomic mass is 10.1. The summed E-state index contributed by atoms with van der Waals surface area (Å²) in [4.78, 5) is 14.8. The lowest BCUT2D eigenvalue weighted by Crippen LogP contribution is -2.36. The number of nitrogens with one attached hydrogen (secondary N) is 1. The Hall–Kier alpha value is -2.60. The Kier molecular flexibility index (Phi) is 6.84. The van der Waals surface area contributed by atoms with Crippen molar-refractivity contribution in [1.82, 2.24) is 10.2 Å². The van der Waals surface area contributed by atoms with E-state index in [9.17, 15) is 4.79 Å². The Morgan fingerprint density at radius 1 is 0.967 bits per heavy atom. The number of fused-ring (bicyclic) bond motifs is 1. The van der Waals surface area contributed by atoms with Crippen LogP contribution in [0.15, 0.2) is 60.7 Å². The molecule has 1 aliphatic heterocycles. The molecule has 0 spiro atoms. The van der Waals surface area contributed by atoms with Crippen LogP contribution in [0, 0.1) is 0 Å². The van der Waals surface area contributed by atoms with Crippen LogP contribution in [0.3, 0.4) is 0 Å². The highest BCUT2D eigenvalue weighted by Crippen LogP contribution is 2.31.